The van der Waals surface area contributed by atoms with Gasteiger partial charge in [-0.1, -0.05) is 48.5 Å². The van der Waals surface area contributed by atoms with Crippen molar-refractivity contribution < 1.29 is 14.6 Å². The van der Waals surface area contributed by atoms with Gasteiger partial charge in [0.1, 0.15) is 0 Å². The molecule has 5 nitrogen and oxygen atoms in total. The summed E-state index contributed by atoms with van der Waals surface area (Å²) >= 11 is 0. The third-order valence-corrected chi connectivity index (χ3v) is 4.17. The number of nitrogens with one attached hydrogen (secondary N) is 1. The van der Waals surface area contributed by atoms with Gasteiger partial charge in [0.2, 0.25) is 0 Å². The summed E-state index contributed by atoms with van der Waals surface area (Å²) in [4.78, 5) is 17.0. The summed E-state index contributed by atoms with van der Waals surface area (Å²) in [7, 11) is 0. The lowest BCUT2D eigenvalue weighted by molar-refractivity contribution is -0.123. The summed E-state index contributed by atoms with van der Waals surface area (Å²) in [5.41, 5.74) is 2.93. The number of hydrogen-bond acceptors (Lipinski definition) is 5. The van der Waals surface area contributed by atoms with Crippen molar-refractivity contribution in [3.8, 4) is 0 Å². The summed E-state index contributed by atoms with van der Waals surface area (Å²) in [5, 5.41) is 12.8. The van der Waals surface area contributed by atoms with Crippen LogP contribution >= 0.6 is 0 Å². The second-order valence-corrected chi connectivity index (χ2v) is 5.99. The first-order valence-corrected chi connectivity index (χ1v) is 8.63. The number of aliphatic hydroxyl groups is 1. The van der Waals surface area contributed by atoms with Gasteiger partial charge in [-0.2, -0.15) is 0 Å². The number of rotatable bonds is 8. The second-order valence-electron chi connectivity index (χ2n) is 5.99. The molecule has 0 saturated heterocycles. The zero-order valence-electron chi connectivity index (χ0n) is 14.5. The zero-order chi connectivity index (χ0) is 18.2. The summed E-state index contributed by atoms with van der Waals surface area (Å²) in [6, 6.07) is 19.5. The third-order valence-electron chi connectivity index (χ3n) is 4.17. The van der Waals surface area contributed by atoms with Crippen molar-refractivity contribution in [2.45, 2.75) is 19.1 Å². The first-order valence-electron chi connectivity index (χ1n) is 8.63. The van der Waals surface area contributed by atoms with Gasteiger partial charge in [0, 0.05) is 24.0 Å². The number of aliphatic hydroxyl groups excluding tert-OH is 1. The van der Waals surface area contributed by atoms with Crippen molar-refractivity contribution in [1.29, 1.82) is 0 Å². The van der Waals surface area contributed by atoms with Crippen molar-refractivity contribution in [1.82, 2.24) is 0 Å². The minimum atomic E-state index is -0.711. The number of anilines is 1. The third kappa shape index (κ3) is 4.65. The Morgan fingerprint density at radius 3 is 2.42 bits per heavy atom. The molecule has 1 aliphatic heterocycles. The van der Waals surface area contributed by atoms with Gasteiger partial charge < -0.3 is 15.2 Å². The Balaban J connectivity index is 1.60. The quantitative estimate of drug-likeness (QED) is 0.768. The maximum absolute atomic E-state index is 12.7. The van der Waals surface area contributed by atoms with Crippen LogP contribution in [0, 0.1) is 0 Å². The van der Waals surface area contributed by atoms with Gasteiger partial charge in [0.15, 0.2) is 11.9 Å². The highest BCUT2D eigenvalue weighted by molar-refractivity contribution is 6.10. The topological polar surface area (TPSA) is 70.9 Å². The van der Waals surface area contributed by atoms with Gasteiger partial charge in [-0.25, -0.2) is 0 Å². The van der Waals surface area contributed by atoms with Crippen molar-refractivity contribution in [2.24, 2.45) is 4.99 Å². The summed E-state index contributed by atoms with van der Waals surface area (Å²) in [6.07, 6.45) is 1.24. The monoisotopic (exact) mass is 350 g/mol. The highest BCUT2D eigenvalue weighted by Gasteiger charge is 2.27. The molecule has 3 rings (SSSR count). The number of hydrogen-bond donors (Lipinski definition) is 2. The van der Waals surface area contributed by atoms with E-state index in [1.807, 2.05) is 60.7 Å². The maximum Gasteiger partial charge on any atom is 0.195 e. The molecule has 0 fully saturated rings. The Morgan fingerprint density at radius 1 is 1.04 bits per heavy atom. The van der Waals surface area contributed by atoms with Gasteiger partial charge in [-0.05, 0) is 24.1 Å². The van der Waals surface area contributed by atoms with Crippen LogP contribution in [0.3, 0.4) is 0 Å². The molecule has 1 heterocycles. The Morgan fingerprint density at radius 2 is 1.73 bits per heavy atom. The van der Waals surface area contributed by atoms with Crippen LogP contribution in [0.25, 0.3) is 0 Å². The normalized spacial score (nSPS) is 16.8. The van der Waals surface area contributed by atoms with Gasteiger partial charge in [-0.15, -0.1) is 0 Å². The highest BCUT2D eigenvalue weighted by Crippen LogP contribution is 2.20. The van der Waals surface area contributed by atoms with E-state index in [2.05, 4.69) is 10.3 Å². The average Bonchev–Trinajstić information content (AvgIpc) is 2.70. The van der Waals surface area contributed by atoms with Crippen molar-refractivity contribution in [3.05, 3.63) is 77.5 Å². The highest BCUT2D eigenvalue weighted by atomic mass is 16.5. The molecular weight excluding hydrogens is 328 g/mol. The van der Waals surface area contributed by atoms with E-state index < -0.39 is 6.10 Å². The van der Waals surface area contributed by atoms with E-state index in [0.717, 1.165) is 11.3 Å². The molecule has 0 spiro atoms. The number of carbonyl (C=O) groups is 1. The molecule has 0 aliphatic carbocycles. The lowest BCUT2D eigenvalue weighted by Crippen LogP contribution is -2.32. The van der Waals surface area contributed by atoms with Crippen LogP contribution in [0.2, 0.25) is 0 Å². The Kier molecular flexibility index (Phi) is 6.30. The van der Waals surface area contributed by atoms with E-state index in [0.29, 0.717) is 30.8 Å². The average molecular weight is 350 g/mol. The van der Waals surface area contributed by atoms with E-state index in [1.54, 1.807) is 0 Å². The van der Waals surface area contributed by atoms with Gasteiger partial charge in [0.25, 0.3) is 0 Å². The van der Waals surface area contributed by atoms with Gasteiger partial charge in [0.05, 0.1) is 18.9 Å². The summed E-state index contributed by atoms with van der Waals surface area (Å²) < 4.78 is 5.73. The van der Waals surface area contributed by atoms with Crippen LogP contribution in [-0.2, 0) is 16.1 Å². The molecule has 0 aromatic heterocycles. The molecule has 134 valence electrons. The van der Waals surface area contributed by atoms with Crippen molar-refractivity contribution >= 4 is 17.7 Å². The van der Waals surface area contributed by atoms with Crippen molar-refractivity contribution in [3.63, 3.8) is 0 Å². The molecule has 2 aromatic carbocycles. The van der Waals surface area contributed by atoms with E-state index in [9.17, 15) is 9.90 Å². The molecule has 0 radical (unpaired) electrons. The SMILES string of the molecule is O=C1C(CCNc2ccccc2)=C(CO)N=CC1OCc1ccccc1. The molecule has 5 heteroatoms. The molecule has 0 saturated carbocycles. The predicted molar refractivity (Wildman–Crippen MR) is 102 cm³/mol. The zero-order valence-corrected chi connectivity index (χ0v) is 14.5. The maximum atomic E-state index is 12.7. The molecule has 1 atom stereocenters. The van der Waals surface area contributed by atoms with Crippen LogP contribution in [0.15, 0.2) is 76.9 Å². The largest absolute Gasteiger partial charge is 0.390 e. The molecule has 1 unspecified atom stereocenters. The minimum Gasteiger partial charge on any atom is -0.390 e. The molecule has 2 N–H and O–H groups in total. The van der Waals surface area contributed by atoms with E-state index in [4.69, 9.17) is 4.74 Å². The summed E-state index contributed by atoms with van der Waals surface area (Å²) in [5.74, 6) is -0.130. The van der Waals surface area contributed by atoms with Crippen LogP contribution in [0.4, 0.5) is 5.69 Å². The first kappa shape index (κ1) is 18.0. The first-order chi connectivity index (χ1) is 12.8. The number of nitrogens with zero attached hydrogens (tertiary/aromatic N) is 1. The second kappa shape index (κ2) is 9.08. The van der Waals surface area contributed by atoms with Crippen molar-refractivity contribution in [2.75, 3.05) is 18.5 Å². The van der Waals surface area contributed by atoms with Crippen LogP contribution in [-0.4, -0.2) is 36.4 Å². The number of benzene rings is 2. The fraction of sp³-hybridized carbons (Fsp3) is 0.238. The molecular formula is C21H22N2O3. The Bertz CT molecular complexity index is 785. The number of ketones is 1. The lowest BCUT2D eigenvalue weighted by atomic mass is 9.99. The minimum absolute atomic E-state index is 0.130. The predicted octanol–water partition coefficient (Wildman–Crippen LogP) is 2.97. The molecule has 26 heavy (non-hydrogen) atoms. The fourth-order valence-corrected chi connectivity index (χ4v) is 2.79. The standard InChI is InChI=1S/C21H22N2O3/c24-14-19-18(11-12-22-17-9-5-2-6-10-17)21(25)20(13-23-19)26-15-16-7-3-1-4-8-16/h1-10,13,20,22,24H,11-12,14-15H2. The molecule has 0 bridgehead atoms. The molecule has 1 aliphatic rings. The van der Waals surface area contributed by atoms with Gasteiger partial charge >= 0.3 is 0 Å². The van der Waals surface area contributed by atoms with E-state index in [1.165, 1.54) is 6.21 Å². The summed E-state index contributed by atoms with van der Waals surface area (Å²) in [6.45, 7) is 0.664. The van der Waals surface area contributed by atoms with Crippen LogP contribution in [0.1, 0.15) is 12.0 Å². The number of carbonyl (C=O) groups excluding carboxylic acids is 1. The molecule has 0 amide bonds. The Hall–Kier alpha value is -2.76. The molecule has 2 aromatic rings. The van der Waals surface area contributed by atoms with E-state index in [-0.39, 0.29) is 12.4 Å². The fourth-order valence-electron chi connectivity index (χ4n) is 2.79. The number of Topliss-reactive ketones (excluding diaryl/α,β-unsaturated/α-hetero) is 1. The Labute approximate surface area is 153 Å². The smallest absolute Gasteiger partial charge is 0.195 e. The van der Waals surface area contributed by atoms with Crippen LogP contribution < -0.4 is 5.32 Å². The van der Waals surface area contributed by atoms with Crippen LogP contribution in [0.5, 0.6) is 0 Å². The number of para-hydroxylation sites is 1. The number of aliphatic imine (C=N–C) groups is 1. The van der Waals surface area contributed by atoms with Gasteiger partial charge in [-0.3, -0.25) is 9.79 Å². The lowest BCUT2D eigenvalue weighted by Gasteiger charge is -2.20. The number of ether oxygens (including phenoxy) is 1. The van der Waals surface area contributed by atoms with E-state index >= 15 is 0 Å².